The quantitative estimate of drug-likeness (QED) is 0.753. The summed E-state index contributed by atoms with van der Waals surface area (Å²) in [4.78, 5) is 30.5. The maximum atomic E-state index is 13.2. The zero-order valence-electron chi connectivity index (χ0n) is 14.6. The van der Waals surface area contributed by atoms with Gasteiger partial charge in [-0.1, -0.05) is 12.1 Å². The van der Waals surface area contributed by atoms with Crippen LogP contribution >= 0.6 is 0 Å². The minimum atomic E-state index is -2.82. The molecule has 0 aliphatic carbocycles. The number of ether oxygens (including phenoxy) is 1. The maximum Gasteiger partial charge on any atom is 0.407 e. The number of carbonyl (C=O) groups excluding carboxylic acids is 2. The monoisotopic (exact) mass is 366 g/mol. The Morgan fingerprint density at radius 2 is 2.04 bits per heavy atom. The minimum absolute atomic E-state index is 0.0272. The van der Waals surface area contributed by atoms with Gasteiger partial charge in [0.05, 0.1) is 0 Å². The molecule has 2 aromatic rings. The molecule has 0 bridgehead atoms. The van der Waals surface area contributed by atoms with E-state index in [0.29, 0.717) is 5.56 Å². The van der Waals surface area contributed by atoms with Crippen LogP contribution in [0, 0.1) is 0 Å². The van der Waals surface area contributed by atoms with E-state index in [1.54, 1.807) is 20.8 Å². The summed E-state index contributed by atoms with van der Waals surface area (Å²) < 4.78 is 31.5. The van der Waals surface area contributed by atoms with Crippen molar-refractivity contribution in [3.05, 3.63) is 47.3 Å². The molecule has 0 aliphatic heterocycles. The van der Waals surface area contributed by atoms with E-state index < -0.39 is 29.6 Å². The van der Waals surface area contributed by atoms with E-state index in [4.69, 9.17) is 4.74 Å². The minimum Gasteiger partial charge on any atom is -0.444 e. The Morgan fingerprint density at radius 3 is 2.62 bits per heavy atom. The molecule has 2 amide bonds. The fourth-order valence-electron chi connectivity index (χ4n) is 2.10. The van der Waals surface area contributed by atoms with Crippen LogP contribution in [-0.2, 0) is 11.3 Å². The molecular weight excluding hydrogens is 346 g/mol. The number of nitrogens with zero attached hydrogens (tertiary/aromatic N) is 1. The summed E-state index contributed by atoms with van der Waals surface area (Å²) in [7, 11) is 0. The van der Waals surface area contributed by atoms with E-state index in [2.05, 4.69) is 20.6 Å². The van der Waals surface area contributed by atoms with Crippen LogP contribution in [0.4, 0.5) is 19.5 Å². The molecule has 9 heteroatoms. The van der Waals surface area contributed by atoms with Crippen molar-refractivity contribution in [1.82, 2.24) is 15.3 Å². The average molecular weight is 366 g/mol. The highest BCUT2D eigenvalue weighted by Gasteiger charge is 2.20. The number of hydrogen-bond donors (Lipinski definition) is 3. The molecular formula is C17H20F2N4O3. The number of rotatable bonds is 5. The molecule has 0 unspecified atom stereocenters. The number of H-pyrrole nitrogens is 1. The summed E-state index contributed by atoms with van der Waals surface area (Å²) >= 11 is 0. The number of benzene rings is 1. The van der Waals surface area contributed by atoms with Crippen molar-refractivity contribution < 1.29 is 23.1 Å². The third kappa shape index (κ3) is 5.54. The van der Waals surface area contributed by atoms with Crippen molar-refractivity contribution in [3.8, 4) is 0 Å². The summed E-state index contributed by atoms with van der Waals surface area (Å²) in [5, 5.41) is 4.92. The van der Waals surface area contributed by atoms with E-state index in [1.807, 2.05) is 0 Å². The number of imidazole rings is 1. The summed E-state index contributed by atoms with van der Waals surface area (Å²) in [6.45, 7) is 5.20. The Kier molecular flexibility index (Phi) is 5.91. The topological polar surface area (TPSA) is 96.1 Å². The Labute approximate surface area is 149 Å². The lowest BCUT2D eigenvalue weighted by atomic mass is 10.0. The van der Waals surface area contributed by atoms with Crippen molar-refractivity contribution in [1.29, 1.82) is 0 Å². The number of carbonyl (C=O) groups is 2. The lowest BCUT2D eigenvalue weighted by molar-refractivity contribution is 0.0523. The summed E-state index contributed by atoms with van der Waals surface area (Å²) in [6.07, 6.45) is -0.549. The molecule has 0 atom stereocenters. The zero-order valence-corrected chi connectivity index (χ0v) is 14.6. The van der Waals surface area contributed by atoms with Crippen LogP contribution in [0.5, 0.6) is 0 Å². The molecule has 3 N–H and O–H groups in total. The van der Waals surface area contributed by atoms with Gasteiger partial charge < -0.3 is 15.0 Å². The number of alkyl carbamates (subject to hydrolysis) is 1. The molecule has 0 fully saturated rings. The molecule has 2 rings (SSSR count). The van der Waals surface area contributed by atoms with Crippen LogP contribution in [-0.4, -0.2) is 27.6 Å². The van der Waals surface area contributed by atoms with Crippen molar-refractivity contribution in [2.75, 3.05) is 5.32 Å². The third-order valence-electron chi connectivity index (χ3n) is 3.16. The van der Waals surface area contributed by atoms with Crippen LogP contribution in [0.25, 0.3) is 0 Å². The van der Waals surface area contributed by atoms with Crippen LogP contribution in [0.15, 0.2) is 30.6 Å². The molecule has 0 spiro atoms. The molecule has 0 aliphatic rings. The number of halogens is 2. The standard InChI is InChI=1S/C17H20F2N4O3/c1-17(2,3)26-16(25)22-9-10-4-5-11(13(18)19)12(8-10)14(24)23-15-20-6-7-21-15/h4-8,13H,9H2,1-3H3,(H,22,25)(H2,20,21,23,24). The predicted molar refractivity (Wildman–Crippen MR) is 91.0 cm³/mol. The van der Waals surface area contributed by atoms with Gasteiger partial charge in [-0.25, -0.2) is 18.6 Å². The number of hydrogen-bond acceptors (Lipinski definition) is 4. The number of aromatic amines is 1. The summed E-state index contributed by atoms with van der Waals surface area (Å²) in [5.41, 5.74) is -0.780. The summed E-state index contributed by atoms with van der Waals surface area (Å²) in [5.74, 6) is -0.582. The molecule has 1 aromatic carbocycles. The smallest absolute Gasteiger partial charge is 0.407 e. The number of anilines is 1. The molecule has 1 heterocycles. The van der Waals surface area contributed by atoms with E-state index in [9.17, 15) is 18.4 Å². The van der Waals surface area contributed by atoms with Crippen molar-refractivity contribution >= 4 is 17.9 Å². The SMILES string of the molecule is CC(C)(C)OC(=O)NCc1ccc(C(F)F)c(C(=O)Nc2ncc[nH]2)c1. The second kappa shape index (κ2) is 7.94. The van der Waals surface area contributed by atoms with Gasteiger partial charge >= 0.3 is 6.09 Å². The second-order valence-corrected chi connectivity index (χ2v) is 6.47. The Hall–Kier alpha value is -2.97. The van der Waals surface area contributed by atoms with Gasteiger partial charge in [0.1, 0.15) is 5.60 Å². The van der Waals surface area contributed by atoms with Crippen LogP contribution in [0.2, 0.25) is 0 Å². The Balaban J connectivity index is 2.14. The lowest BCUT2D eigenvalue weighted by Crippen LogP contribution is -2.32. The van der Waals surface area contributed by atoms with E-state index >= 15 is 0 Å². The largest absolute Gasteiger partial charge is 0.444 e. The van der Waals surface area contributed by atoms with E-state index in [-0.39, 0.29) is 18.1 Å². The van der Waals surface area contributed by atoms with Crippen LogP contribution < -0.4 is 10.6 Å². The van der Waals surface area contributed by atoms with Gasteiger partial charge in [0, 0.05) is 30.1 Å². The second-order valence-electron chi connectivity index (χ2n) is 6.47. The first-order valence-corrected chi connectivity index (χ1v) is 7.84. The van der Waals surface area contributed by atoms with Gasteiger partial charge in [0.15, 0.2) is 0 Å². The first kappa shape index (κ1) is 19.4. The molecule has 0 saturated carbocycles. The molecule has 26 heavy (non-hydrogen) atoms. The average Bonchev–Trinajstić information content (AvgIpc) is 3.03. The van der Waals surface area contributed by atoms with Crippen molar-refractivity contribution in [2.24, 2.45) is 0 Å². The highest BCUT2D eigenvalue weighted by atomic mass is 19.3. The number of aromatic nitrogens is 2. The normalized spacial score (nSPS) is 11.3. The maximum absolute atomic E-state index is 13.2. The number of amides is 2. The first-order chi connectivity index (χ1) is 12.2. The molecule has 0 saturated heterocycles. The fraction of sp³-hybridized carbons (Fsp3) is 0.353. The third-order valence-corrected chi connectivity index (χ3v) is 3.16. The fourth-order valence-corrected chi connectivity index (χ4v) is 2.10. The van der Waals surface area contributed by atoms with Crippen molar-refractivity contribution in [3.63, 3.8) is 0 Å². The predicted octanol–water partition coefficient (Wildman–Crippen LogP) is 3.62. The van der Waals surface area contributed by atoms with Crippen molar-refractivity contribution in [2.45, 2.75) is 39.3 Å². The van der Waals surface area contributed by atoms with E-state index in [1.165, 1.54) is 24.5 Å². The Morgan fingerprint density at radius 1 is 1.31 bits per heavy atom. The van der Waals surface area contributed by atoms with Gasteiger partial charge in [-0.2, -0.15) is 0 Å². The summed E-state index contributed by atoms with van der Waals surface area (Å²) in [6, 6.07) is 3.88. The molecule has 7 nitrogen and oxygen atoms in total. The zero-order chi connectivity index (χ0) is 19.3. The highest BCUT2D eigenvalue weighted by Crippen LogP contribution is 2.24. The van der Waals surface area contributed by atoms with Gasteiger partial charge in [0.2, 0.25) is 5.95 Å². The van der Waals surface area contributed by atoms with Gasteiger partial charge in [0.25, 0.3) is 12.3 Å². The van der Waals surface area contributed by atoms with Gasteiger partial charge in [-0.3, -0.25) is 10.1 Å². The number of nitrogens with one attached hydrogen (secondary N) is 3. The van der Waals surface area contributed by atoms with Crippen LogP contribution in [0.3, 0.4) is 0 Å². The first-order valence-electron chi connectivity index (χ1n) is 7.84. The lowest BCUT2D eigenvalue weighted by Gasteiger charge is -2.19. The number of alkyl halides is 2. The van der Waals surface area contributed by atoms with Gasteiger partial charge in [-0.15, -0.1) is 0 Å². The molecule has 140 valence electrons. The molecule has 1 aromatic heterocycles. The Bertz CT molecular complexity index is 771. The highest BCUT2D eigenvalue weighted by molar-refractivity contribution is 6.04. The van der Waals surface area contributed by atoms with Gasteiger partial charge in [-0.05, 0) is 32.4 Å². The molecule has 0 radical (unpaired) electrons. The van der Waals surface area contributed by atoms with Crippen LogP contribution in [0.1, 0.15) is 48.7 Å². The van der Waals surface area contributed by atoms with E-state index in [0.717, 1.165) is 6.07 Å².